The van der Waals surface area contributed by atoms with Crippen LogP contribution in [0, 0.1) is 24.7 Å². The standard InChI is InChI=1S/C24H34N2O2.C2H6/c1-14-17(20(27)18-15(2)25-26(9)21(18)28-10)12-11-16-13-22(3,4)24(7,8)23(5,6)19(14)16;1-2/h11-12H,13H2,1-10H3;1-2H3. The molecule has 1 aliphatic carbocycles. The number of aryl methyl sites for hydroxylation is 2. The summed E-state index contributed by atoms with van der Waals surface area (Å²) in [6, 6.07) is 4.15. The summed E-state index contributed by atoms with van der Waals surface area (Å²) in [5, 5.41) is 4.39. The minimum atomic E-state index is -0.0570. The van der Waals surface area contributed by atoms with E-state index in [1.165, 1.54) is 11.1 Å². The molecule has 0 spiro atoms. The molecule has 0 amide bonds. The smallest absolute Gasteiger partial charge is 0.223 e. The number of hydrogen-bond acceptors (Lipinski definition) is 3. The van der Waals surface area contributed by atoms with Gasteiger partial charge in [-0.15, -0.1) is 0 Å². The van der Waals surface area contributed by atoms with E-state index in [-0.39, 0.29) is 22.0 Å². The molecule has 0 atom stereocenters. The lowest BCUT2D eigenvalue weighted by molar-refractivity contribution is 0.0150. The van der Waals surface area contributed by atoms with E-state index >= 15 is 0 Å². The van der Waals surface area contributed by atoms with E-state index in [1.807, 2.05) is 26.8 Å². The molecule has 30 heavy (non-hydrogen) atoms. The number of ketones is 1. The van der Waals surface area contributed by atoms with Crippen LogP contribution in [0.5, 0.6) is 5.88 Å². The third kappa shape index (κ3) is 3.29. The minimum absolute atomic E-state index is 0.0128. The minimum Gasteiger partial charge on any atom is -0.481 e. The maximum atomic E-state index is 13.5. The van der Waals surface area contributed by atoms with Gasteiger partial charge in [0.05, 0.1) is 12.8 Å². The fraction of sp³-hybridized carbons (Fsp3) is 0.615. The quantitative estimate of drug-likeness (QED) is 0.565. The van der Waals surface area contributed by atoms with Crippen LogP contribution in [-0.2, 0) is 18.9 Å². The molecular weight excluding hydrogens is 372 g/mol. The number of carbonyl (C=O) groups excluding carboxylic acids is 1. The van der Waals surface area contributed by atoms with Gasteiger partial charge < -0.3 is 4.74 Å². The molecule has 1 heterocycles. The van der Waals surface area contributed by atoms with Crippen molar-refractivity contribution in [1.82, 2.24) is 9.78 Å². The summed E-state index contributed by atoms with van der Waals surface area (Å²) < 4.78 is 7.10. The molecule has 0 saturated carbocycles. The highest BCUT2D eigenvalue weighted by atomic mass is 16.5. The number of aromatic nitrogens is 2. The number of nitrogens with zero attached hydrogens (tertiary/aromatic N) is 2. The number of methoxy groups -OCH3 is 1. The lowest BCUT2D eigenvalue weighted by atomic mass is 9.47. The predicted octanol–water partition coefficient (Wildman–Crippen LogP) is 6.19. The first-order valence-electron chi connectivity index (χ1n) is 11.0. The molecule has 2 aromatic rings. The number of benzene rings is 1. The van der Waals surface area contributed by atoms with E-state index < -0.39 is 0 Å². The number of ether oxygens (including phenoxy) is 1. The first-order valence-corrected chi connectivity index (χ1v) is 11.0. The molecule has 0 radical (unpaired) electrons. The van der Waals surface area contributed by atoms with E-state index in [2.05, 4.69) is 59.6 Å². The van der Waals surface area contributed by atoms with Crippen molar-refractivity contribution < 1.29 is 9.53 Å². The van der Waals surface area contributed by atoms with Crippen molar-refractivity contribution in [1.29, 1.82) is 0 Å². The molecule has 4 heteroatoms. The Morgan fingerprint density at radius 2 is 1.63 bits per heavy atom. The molecule has 0 unspecified atom stereocenters. The molecule has 1 aromatic carbocycles. The van der Waals surface area contributed by atoms with Crippen molar-refractivity contribution >= 4 is 5.78 Å². The summed E-state index contributed by atoms with van der Waals surface area (Å²) in [5.41, 5.74) is 5.97. The molecule has 0 N–H and O–H groups in total. The van der Waals surface area contributed by atoms with Crippen molar-refractivity contribution in [3.05, 3.63) is 45.6 Å². The molecule has 1 aliphatic rings. The van der Waals surface area contributed by atoms with Crippen LogP contribution in [0.15, 0.2) is 12.1 Å². The van der Waals surface area contributed by atoms with Crippen LogP contribution in [0.2, 0.25) is 0 Å². The molecule has 166 valence electrons. The molecule has 0 aliphatic heterocycles. The van der Waals surface area contributed by atoms with Crippen LogP contribution in [-0.4, -0.2) is 22.7 Å². The summed E-state index contributed by atoms with van der Waals surface area (Å²) in [5.74, 6) is 0.501. The first kappa shape index (κ1) is 24.2. The summed E-state index contributed by atoms with van der Waals surface area (Å²) in [6.45, 7) is 22.0. The SMILES string of the molecule is CC.COc1c(C(=O)c2ccc3c(c2C)C(C)(C)C(C)(C)C(C)(C)C3)c(C)nn1C. The number of hydrogen-bond donors (Lipinski definition) is 0. The average Bonchev–Trinajstić information content (AvgIpc) is 2.94. The Hall–Kier alpha value is -2.10. The Bertz CT molecular complexity index is 962. The summed E-state index contributed by atoms with van der Waals surface area (Å²) in [6.07, 6.45) is 1.02. The molecule has 0 fully saturated rings. The van der Waals surface area contributed by atoms with Gasteiger partial charge in [0.15, 0.2) is 0 Å². The lowest BCUT2D eigenvalue weighted by Crippen LogP contribution is -2.52. The van der Waals surface area contributed by atoms with Crippen LogP contribution in [0.25, 0.3) is 0 Å². The monoisotopic (exact) mass is 412 g/mol. The molecule has 1 aromatic heterocycles. The Morgan fingerprint density at radius 1 is 1.07 bits per heavy atom. The fourth-order valence-corrected chi connectivity index (χ4v) is 5.15. The van der Waals surface area contributed by atoms with E-state index in [9.17, 15) is 4.79 Å². The van der Waals surface area contributed by atoms with Gasteiger partial charge in [0.25, 0.3) is 0 Å². The number of rotatable bonds is 3. The molecular formula is C26H40N2O2. The van der Waals surface area contributed by atoms with Crippen LogP contribution in [0.4, 0.5) is 0 Å². The zero-order valence-corrected chi connectivity index (χ0v) is 21.1. The zero-order chi connectivity index (χ0) is 23.2. The average molecular weight is 413 g/mol. The Morgan fingerprint density at radius 3 is 2.17 bits per heavy atom. The van der Waals surface area contributed by atoms with Gasteiger partial charge in [-0.25, -0.2) is 4.68 Å². The summed E-state index contributed by atoms with van der Waals surface area (Å²) in [4.78, 5) is 13.5. The second kappa shape index (κ2) is 7.86. The molecule has 0 saturated heterocycles. The maximum absolute atomic E-state index is 13.5. The highest BCUT2D eigenvalue weighted by Crippen LogP contribution is 2.59. The molecule has 4 nitrogen and oxygen atoms in total. The van der Waals surface area contributed by atoms with Crippen molar-refractivity contribution in [2.24, 2.45) is 17.9 Å². The van der Waals surface area contributed by atoms with E-state index in [0.29, 0.717) is 17.1 Å². The van der Waals surface area contributed by atoms with E-state index in [0.717, 1.165) is 17.5 Å². The number of carbonyl (C=O) groups is 1. The summed E-state index contributed by atoms with van der Waals surface area (Å²) >= 11 is 0. The van der Waals surface area contributed by atoms with Gasteiger partial charge in [0.1, 0.15) is 5.56 Å². The van der Waals surface area contributed by atoms with E-state index in [1.54, 1.807) is 18.8 Å². The van der Waals surface area contributed by atoms with Crippen molar-refractivity contribution in [2.45, 2.75) is 81.1 Å². The Labute approximate surface area is 183 Å². The van der Waals surface area contributed by atoms with Gasteiger partial charge in [-0.2, -0.15) is 5.10 Å². The summed E-state index contributed by atoms with van der Waals surface area (Å²) in [7, 11) is 3.39. The van der Waals surface area contributed by atoms with Crippen molar-refractivity contribution in [3.8, 4) is 5.88 Å². The normalized spacial score (nSPS) is 18.1. The molecule has 0 bridgehead atoms. The van der Waals surface area contributed by atoms with Gasteiger partial charge in [0, 0.05) is 12.6 Å². The predicted molar refractivity (Wildman–Crippen MR) is 125 cm³/mol. The Kier molecular flexibility index (Phi) is 6.34. The van der Waals surface area contributed by atoms with Gasteiger partial charge in [-0.1, -0.05) is 67.5 Å². The largest absolute Gasteiger partial charge is 0.481 e. The van der Waals surface area contributed by atoms with Crippen molar-refractivity contribution in [2.75, 3.05) is 7.11 Å². The van der Waals surface area contributed by atoms with Crippen molar-refractivity contribution in [3.63, 3.8) is 0 Å². The Balaban J connectivity index is 0.00000155. The van der Waals surface area contributed by atoms with Crippen LogP contribution in [0.3, 0.4) is 0 Å². The van der Waals surface area contributed by atoms with Crippen LogP contribution >= 0.6 is 0 Å². The van der Waals surface area contributed by atoms with Gasteiger partial charge in [-0.3, -0.25) is 4.79 Å². The van der Waals surface area contributed by atoms with Gasteiger partial charge >= 0.3 is 0 Å². The third-order valence-corrected chi connectivity index (χ3v) is 7.90. The van der Waals surface area contributed by atoms with Gasteiger partial charge in [0.2, 0.25) is 11.7 Å². The lowest BCUT2D eigenvalue weighted by Gasteiger charge is -2.57. The second-order valence-corrected chi connectivity index (χ2v) is 10.0. The third-order valence-electron chi connectivity index (χ3n) is 7.90. The van der Waals surface area contributed by atoms with E-state index in [4.69, 9.17) is 4.74 Å². The first-order chi connectivity index (χ1) is 13.8. The highest BCUT2D eigenvalue weighted by molar-refractivity contribution is 6.12. The fourth-order valence-electron chi connectivity index (χ4n) is 5.15. The van der Waals surface area contributed by atoms with Crippen LogP contribution in [0.1, 0.15) is 93.7 Å². The topological polar surface area (TPSA) is 44.1 Å². The van der Waals surface area contributed by atoms with Crippen LogP contribution < -0.4 is 4.74 Å². The number of fused-ring (bicyclic) bond motifs is 1. The van der Waals surface area contributed by atoms with Gasteiger partial charge in [-0.05, 0) is 53.2 Å². The second-order valence-electron chi connectivity index (χ2n) is 10.0. The maximum Gasteiger partial charge on any atom is 0.223 e. The highest BCUT2D eigenvalue weighted by Gasteiger charge is 2.53. The molecule has 3 rings (SSSR count). The zero-order valence-electron chi connectivity index (χ0n) is 21.1.